The van der Waals surface area contributed by atoms with Crippen molar-refractivity contribution >= 4 is 40.0 Å². The van der Waals surface area contributed by atoms with Crippen molar-refractivity contribution < 1.29 is 9.59 Å². The van der Waals surface area contributed by atoms with Crippen LogP contribution in [0.15, 0.2) is 95.9 Å². The summed E-state index contributed by atoms with van der Waals surface area (Å²) in [5.41, 5.74) is 1.98. The van der Waals surface area contributed by atoms with Crippen LogP contribution in [-0.4, -0.2) is 39.2 Å². The van der Waals surface area contributed by atoms with E-state index in [0.29, 0.717) is 17.4 Å². The topological polar surface area (TPSA) is 75.2 Å². The van der Waals surface area contributed by atoms with Gasteiger partial charge in [-0.3, -0.25) is 9.59 Å². The van der Waals surface area contributed by atoms with Crippen molar-refractivity contribution in [2.75, 3.05) is 17.6 Å². The minimum atomic E-state index is -0.200. The lowest BCUT2D eigenvalue weighted by molar-refractivity contribution is -0.131. The van der Waals surface area contributed by atoms with E-state index in [1.807, 2.05) is 97.9 Å². The second-order valence-electron chi connectivity index (χ2n) is 7.85. The Morgan fingerprint density at radius 3 is 2.23 bits per heavy atom. The van der Waals surface area contributed by atoms with Crippen LogP contribution < -0.4 is 5.32 Å². The highest BCUT2D eigenvalue weighted by molar-refractivity contribution is 8.00. The van der Waals surface area contributed by atoms with Gasteiger partial charge < -0.3 is 10.2 Å². The van der Waals surface area contributed by atoms with Crippen LogP contribution in [0, 0.1) is 0 Å². The molecule has 8 heteroatoms. The van der Waals surface area contributed by atoms with Crippen molar-refractivity contribution in [3.8, 4) is 10.6 Å². The molecule has 0 spiro atoms. The Labute approximate surface area is 213 Å². The fraction of sp³-hybridized carbons (Fsp3) is 0.185. The van der Waals surface area contributed by atoms with Crippen molar-refractivity contribution in [1.29, 1.82) is 0 Å². The van der Waals surface area contributed by atoms with E-state index in [-0.39, 0.29) is 24.3 Å². The average molecular weight is 503 g/mol. The number of hydrogen-bond acceptors (Lipinski definition) is 6. The summed E-state index contributed by atoms with van der Waals surface area (Å²) in [6, 6.07) is 29.3. The molecule has 4 rings (SSSR count). The molecular weight excluding hydrogens is 476 g/mol. The summed E-state index contributed by atoms with van der Waals surface area (Å²) in [7, 11) is 0. The van der Waals surface area contributed by atoms with Gasteiger partial charge >= 0.3 is 0 Å². The van der Waals surface area contributed by atoms with Crippen LogP contribution in [0.25, 0.3) is 10.6 Å². The maximum Gasteiger partial charge on any atom is 0.233 e. The monoisotopic (exact) mass is 502 g/mol. The predicted octanol–water partition coefficient (Wildman–Crippen LogP) is 5.92. The van der Waals surface area contributed by atoms with Gasteiger partial charge in [0.2, 0.25) is 16.9 Å². The number of nitrogens with zero attached hydrogens (tertiary/aromatic N) is 3. The highest BCUT2D eigenvalue weighted by Crippen LogP contribution is 2.27. The third kappa shape index (κ3) is 7.00. The highest BCUT2D eigenvalue weighted by Gasteiger charge is 2.22. The summed E-state index contributed by atoms with van der Waals surface area (Å²) in [6.07, 6.45) is 0.166. The fourth-order valence-corrected chi connectivity index (χ4v) is 5.14. The number of anilines is 1. The second kappa shape index (κ2) is 12.3. The molecule has 35 heavy (non-hydrogen) atoms. The Hall–Kier alpha value is -3.49. The van der Waals surface area contributed by atoms with E-state index in [1.165, 1.54) is 23.1 Å². The molecule has 0 unspecified atom stereocenters. The standard InChI is InChI=1S/C27H26N4O2S2/c1-20(21-11-5-2-6-12-21)31(25(33)19-34-23-15-9-4-10-16-23)18-17-24(32)28-27-30-29-26(35-27)22-13-7-3-8-14-22/h2-16,20H,17-19H2,1H3,(H,28,30,32)/t20-/m1/s1. The molecule has 1 N–H and O–H groups in total. The van der Waals surface area contributed by atoms with Gasteiger partial charge in [-0.15, -0.1) is 22.0 Å². The molecule has 6 nitrogen and oxygen atoms in total. The van der Waals surface area contributed by atoms with Crippen molar-refractivity contribution in [1.82, 2.24) is 15.1 Å². The normalized spacial score (nSPS) is 11.6. The lowest BCUT2D eigenvalue weighted by Crippen LogP contribution is -2.37. The smallest absolute Gasteiger partial charge is 0.233 e. The Morgan fingerprint density at radius 1 is 0.914 bits per heavy atom. The highest BCUT2D eigenvalue weighted by atomic mass is 32.2. The number of rotatable bonds is 10. The first kappa shape index (κ1) is 24.6. The van der Waals surface area contributed by atoms with Crippen molar-refractivity contribution in [2.24, 2.45) is 0 Å². The van der Waals surface area contributed by atoms with Crippen molar-refractivity contribution in [3.05, 3.63) is 96.6 Å². The SMILES string of the molecule is C[C@H](c1ccccc1)N(CCC(=O)Nc1nnc(-c2ccccc2)s1)C(=O)CSc1ccccc1. The minimum Gasteiger partial charge on any atom is -0.335 e. The number of hydrogen-bond donors (Lipinski definition) is 1. The molecule has 178 valence electrons. The molecule has 1 atom stereocenters. The van der Waals surface area contributed by atoms with E-state index in [1.54, 1.807) is 4.90 Å². The predicted molar refractivity (Wildman–Crippen MR) is 142 cm³/mol. The van der Waals surface area contributed by atoms with Gasteiger partial charge in [-0.2, -0.15) is 0 Å². The van der Waals surface area contributed by atoms with Gasteiger partial charge in [0.05, 0.1) is 11.8 Å². The Kier molecular flexibility index (Phi) is 8.64. The molecule has 0 bridgehead atoms. The molecule has 0 aliphatic rings. The van der Waals surface area contributed by atoms with E-state index in [9.17, 15) is 9.59 Å². The summed E-state index contributed by atoms with van der Waals surface area (Å²) in [5, 5.41) is 12.3. The van der Waals surface area contributed by atoms with E-state index < -0.39 is 0 Å². The first-order valence-corrected chi connectivity index (χ1v) is 13.1. The van der Waals surface area contributed by atoms with Gasteiger partial charge in [-0.1, -0.05) is 90.2 Å². The second-order valence-corrected chi connectivity index (χ2v) is 9.88. The lowest BCUT2D eigenvalue weighted by Gasteiger charge is -2.29. The third-order valence-electron chi connectivity index (χ3n) is 5.45. The largest absolute Gasteiger partial charge is 0.335 e. The van der Waals surface area contributed by atoms with Crippen LogP contribution in [0.2, 0.25) is 0 Å². The maximum atomic E-state index is 13.2. The van der Waals surface area contributed by atoms with Crippen molar-refractivity contribution in [2.45, 2.75) is 24.3 Å². The van der Waals surface area contributed by atoms with E-state index >= 15 is 0 Å². The van der Waals surface area contributed by atoms with Gasteiger partial charge in [0.15, 0.2) is 0 Å². The molecule has 3 aromatic carbocycles. The zero-order valence-corrected chi connectivity index (χ0v) is 21.0. The molecule has 0 fully saturated rings. The van der Waals surface area contributed by atoms with Crippen LogP contribution in [0.5, 0.6) is 0 Å². The summed E-state index contributed by atoms with van der Waals surface area (Å²) >= 11 is 2.82. The Morgan fingerprint density at radius 2 is 1.54 bits per heavy atom. The van der Waals surface area contributed by atoms with Crippen LogP contribution in [-0.2, 0) is 9.59 Å². The first-order chi connectivity index (χ1) is 17.1. The van der Waals surface area contributed by atoms with Crippen LogP contribution >= 0.6 is 23.1 Å². The Bertz CT molecular complexity index is 1230. The zero-order chi connectivity index (χ0) is 24.5. The van der Waals surface area contributed by atoms with Gasteiger partial charge in [0.1, 0.15) is 5.01 Å². The number of aromatic nitrogens is 2. The molecule has 1 aromatic heterocycles. The van der Waals surface area contributed by atoms with Crippen LogP contribution in [0.3, 0.4) is 0 Å². The Balaban J connectivity index is 1.39. The summed E-state index contributed by atoms with van der Waals surface area (Å²) in [4.78, 5) is 28.7. The van der Waals surface area contributed by atoms with Crippen molar-refractivity contribution in [3.63, 3.8) is 0 Å². The molecule has 0 saturated heterocycles. The molecule has 0 radical (unpaired) electrons. The first-order valence-electron chi connectivity index (χ1n) is 11.3. The zero-order valence-electron chi connectivity index (χ0n) is 19.3. The van der Waals surface area contributed by atoms with Gasteiger partial charge in [0, 0.05) is 23.4 Å². The minimum absolute atomic E-state index is 0.00900. The van der Waals surface area contributed by atoms with Crippen LogP contribution in [0.1, 0.15) is 24.9 Å². The van der Waals surface area contributed by atoms with Crippen LogP contribution in [0.4, 0.5) is 5.13 Å². The quantitative estimate of drug-likeness (QED) is 0.273. The number of thioether (sulfide) groups is 1. The molecule has 0 aliphatic heterocycles. The third-order valence-corrected chi connectivity index (χ3v) is 7.33. The van der Waals surface area contributed by atoms with Gasteiger partial charge in [-0.05, 0) is 24.6 Å². The summed E-state index contributed by atoms with van der Waals surface area (Å²) < 4.78 is 0. The number of benzene rings is 3. The van der Waals surface area contributed by atoms with E-state index in [4.69, 9.17) is 0 Å². The summed E-state index contributed by atoms with van der Waals surface area (Å²) in [5.74, 6) is 0.0967. The molecule has 2 amide bonds. The number of carbonyl (C=O) groups excluding carboxylic acids is 2. The number of carbonyl (C=O) groups is 2. The molecule has 1 heterocycles. The van der Waals surface area contributed by atoms with Gasteiger partial charge in [0.25, 0.3) is 0 Å². The number of amides is 2. The molecular formula is C27H26N4O2S2. The number of nitrogens with one attached hydrogen (secondary N) is 1. The van der Waals surface area contributed by atoms with Gasteiger partial charge in [-0.25, -0.2) is 0 Å². The fourth-order valence-electron chi connectivity index (χ4n) is 3.57. The molecule has 0 aliphatic carbocycles. The molecule has 0 saturated carbocycles. The summed E-state index contributed by atoms with van der Waals surface area (Å²) in [6.45, 7) is 2.30. The lowest BCUT2D eigenvalue weighted by atomic mass is 10.1. The average Bonchev–Trinajstić information content (AvgIpc) is 3.37. The van der Waals surface area contributed by atoms with E-state index in [0.717, 1.165) is 21.0 Å². The molecule has 4 aromatic rings. The van der Waals surface area contributed by atoms with E-state index in [2.05, 4.69) is 15.5 Å². The maximum absolute atomic E-state index is 13.2.